The van der Waals surface area contributed by atoms with Gasteiger partial charge in [0.15, 0.2) is 0 Å². The summed E-state index contributed by atoms with van der Waals surface area (Å²) < 4.78 is 0. The summed E-state index contributed by atoms with van der Waals surface area (Å²) >= 11 is 0. The van der Waals surface area contributed by atoms with Crippen molar-refractivity contribution in [1.82, 2.24) is 0 Å². The summed E-state index contributed by atoms with van der Waals surface area (Å²) in [5.74, 6) is 0. The Morgan fingerprint density at radius 3 is 0.923 bits per heavy atom. The van der Waals surface area contributed by atoms with E-state index >= 15 is 0 Å². The fourth-order valence-electron chi connectivity index (χ4n) is 0.300. The Morgan fingerprint density at radius 1 is 0.769 bits per heavy atom. The molecule has 0 radical (unpaired) electrons. The molecule has 0 saturated carbocycles. The van der Waals surface area contributed by atoms with E-state index in [0.717, 1.165) is 0 Å². The molecule has 13 heavy (non-hydrogen) atoms. The van der Waals surface area contributed by atoms with E-state index in [2.05, 4.69) is 0 Å². The van der Waals surface area contributed by atoms with Crippen LogP contribution >= 0.6 is 9.90 Å². The first-order chi connectivity index (χ1) is 5.66. The van der Waals surface area contributed by atoms with Crippen molar-refractivity contribution in [2.24, 2.45) is 5.41 Å². The highest BCUT2D eigenvalue weighted by Crippen LogP contribution is 2.11. The van der Waals surface area contributed by atoms with Crippen LogP contribution < -0.4 is 0 Å². The van der Waals surface area contributed by atoms with E-state index in [9.17, 15) is 0 Å². The molecule has 1 atom stereocenters. The van der Waals surface area contributed by atoms with Crippen LogP contribution in [0, 0.1) is 5.41 Å². The third-order valence-electron chi connectivity index (χ3n) is 1.34. The molecule has 0 bridgehead atoms. The van der Waals surface area contributed by atoms with Crippen molar-refractivity contribution in [3.8, 4) is 0 Å². The first-order valence-electron chi connectivity index (χ1n) is 3.70. The maximum Gasteiger partial charge on any atom is 0.0627 e. The largest absolute Gasteiger partial charge is 0.397 e. The molecule has 0 saturated heterocycles. The molecule has 5 nitrogen and oxygen atoms in total. The molecule has 0 spiro atoms. The lowest BCUT2D eigenvalue weighted by atomic mass is 9.93. The van der Waals surface area contributed by atoms with Crippen molar-refractivity contribution < 1.29 is 25.5 Å². The molecule has 0 aromatic rings. The van der Waals surface area contributed by atoms with Crippen LogP contribution in [0.2, 0.25) is 0 Å². The second-order valence-corrected chi connectivity index (χ2v) is 2.45. The highest BCUT2D eigenvalue weighted by Gasteiger charge is 2.26. The van der Waals surface area contributed by atoms with Crippen molar-refractivity contribution in [2.45, 2.75) is 6.92 Å². The summed E-state index contributed by atoms with van der Waals surface area (Å²) in [6.07, 6.45) is 0. The Bertz CT molecular complexity index is 69.4. The molecule has 5 N–H and O–H groups in total. The zero-order chi connectivity index (χ0) is 10.0. The van der Waals surface area contributed by atoms with E-state index in [0.29, 0.717) is 0 Å². The lowest BCUT2D eigenvalue weighted by Crippen LogP contribution is -2.37. The summed E-state index contributed by atoms with van der Waals surface area (Å²) in [5, 5.41) is 41.6. The standard InChI is InChI=1S/C5H12O4.C2H6O.H3P/c6-1-5(2-7,3-8)4-9;1-2-3;/h6-9H,1-4H2;3H,2H2,1H3;1H3. The zero-order valence-corrected chi connectivity index (χ0v) is 9.39. The van der Waals surface area contributed by atoms with Crippen LogP contribution in [-0.4, -0.2) is 58.6 Å². The fraction of sp³-hybridized carbons (Fsp3) is 1.00. The van der Waals surface area contributed by atoms with Crippen molar-refractivity contribution in [3.63, 3.8) is 0 Å². The van der Waals surface area contributed by atoms with Crippen LogP contribution in [0.3, 0.4) is 0 Å². The molecule has 0 aliphatic heterocycles. The van der Waals surface area contributed by atoms with Gasteiger partial charge in [-0.25, -0.2) is 0 Å². The Balaban J connectivity index is -0.000000220. The molecule has 0 rings (SSSR count). The Hall–Kier alpha value is 0.230. The van der Waals surface area contributed by atoms with E-state index in [1.54, 1.807) is 6.92 Å². The van der Waals surface area contributed by atoms with Gasteiger partial charge in [0.05, 0.1) is 31.8 Å². The molecule has 0 aromatic heterocycles. The van der Waals surface area contributed by atoms with Gasteiger partial charge in [0, 0.05) is 6.61 Å². The minimum atomic E-state index is -1.11. The summed E-state index contributed by atoms with van der Waals surface area (Å²) in [6, 6.07) is 0. The normalized spacial score (nSPS) is 9.69. The summed E-state index contributed by atoms with van der Waals surface area (Å²) in [6.45, 7) is 0.306. The third kappa shape index (κ3) is 8.56. The van der Waals surface area contributed by atoms with Gasteiger partial charge in [0.1, 0.15) is 0 Å². The van der Waals surface area contributed by atoms with Crippen molar-refractivity contribution in [1.29, 1.82) is 0 Å². The van der Waals surface area contributed by atoms with Crippen LogP contribution in [-0.2, 0) is 0 Å². The molecule has 0 amide bonds. The molecule has 0 fully saturated rings. The van der Waals surface area contributed by atoms with Gasteiger partial charge in [-0.05, 0) is 6.92 Å². The second-order valence-electron chi connectivity index (χ2n) is 2.45. The molecule has 0 aromatic carbocycles. The Morgan fingerprint density at radius 2 is 0.923 bits per heavy atom. The van der Waals surface area contributed by atoms with Crippen LogP contribution in [0.1, 0.15) is 6.92 Å². The van der Waals surface area contributed by atoms with E-state index in [4.69, 9.17) is 25.5 Å². The molecule has 6 heteroatoms. The van der Waals surface area contributed by atoms with Gasteiger partial charge in [-0.2, -0.15) is 9.90 Å². The monoisotopic (exact) mass is 216 g/mol. The Labute approximate surface area is 81.7 Å². The quantitative estimate of drug-likeness (QED) is 0.350. The predicted octanol–water partition coefficient (Wildman–Crippen LogP) is -2.00. The van der Waals surface area contributed by atoms with E-state index in [-0.39, 0.29) is 16.5 Å². The molecule has 0 heterocycles. The van der Waals surface area contributed by atoms with Crippen LogP contribution in [0.4, 0.5) is 0 Å². The first-order valence-corrected chi connectivity index (χ1v) is 3.70. The molecule has 1 unspecified atom stereocenters. The highest BCUT2D eigenvalue weighted by molar-refractivity contribution is 6.92. The average molecular weight is 216 g/mol. The number of hydrogen-bond acceptors (Lipinski definition) is 5. The molecule has 84 valence electrons. The molecular weight excluding hydrogens is 195 g/mol. The average Bonchev–Trinajstić information content (AvgIpc) is 2.11. The summed E-state index contributed by atoms with van der Waals surface area (Å²) in [5.41, 5.74) is -1.11. The highest BCUT2D eigenvalue weighted by atomic mass is 31.0. The maximum absolute atomic E-state index is 8.50. The van der Waals surface area contributed by atoms with Gasteiger partial charge < -0.3 is 25.5 Å². The maximum atomic E-state index is 8.50. The number of aliphatic hydroxyl groups is 5. The van der Waals surface area contributed by atoms with Crippen LogP contribution in [0.25, 0.3) is 0 Å². The van der Waals surface area contributed by atoms with Gasteiger partial charge in [-0.1, -0.05) is 0 Å². The van der Waals surface area contributed by atoms with Crippen LogP contribution in [0.5, 0.6) is 0 Å². The summed E-state index contributed by atoms with van der Waals surface area (Å²) in [7, 11) is 0. The third-order valence-corrected chi connectivity index (χ3v) is 1.34. The minimum Gasteiger partial charge on any atom is -0.397 e. The van der Waals surface area contributed by atoms with Gasteiger partial charge >= 0.3 is 0 Å². The SMILES string of the molecule is CCO.OCC(CO)(CO)CO.P. The number of rotatable bonds is 4. The molecule has 0 aliphatic carbocycles. The lowest BCUT2D eigenvalue weighted by Gasteiger charge is -2.23. The smallest absolute Gasteiger partial charge is 0.0627 e. The number of aliphatic hydroxyl groups excluding tert-OH is 5. The number of hydrogen-bond donors (Lipinski definition) is 5. The van der Waals surface area contributed by atoms with E-state index in [1.807, 2.05) is 0 Å². The van der Waals surface area contributed by atoms with Gasteiger partial charge in [0.25, 0.3) is 0 Å². The topological polar surface area (TPSA) is 101 Å². The molecule has 0 aliphatic rings. The first kappa shape index (κ1) is 18.9. The van der Waals surface area contributed by atoms with E-state index < -0.39 is 31.8 Å². The van der Waals surface area contributed by atoms with Gasteiger partial charge in [0.2, 0.25) is 0 Å². The predicted molar refractivity (Wildman–Crippen MR) is 54.6 cm³/mol. The minimum absolute atomic E-state index is 0. The van der Waals surface area contributed by atoms with Gasteiger partial charge in [-0.3, -0.25) is 0 Å². The second kappa shape index (κ2) is 12.2. The lowest BCUT2D eigenvalue weighted by molar-refractivity contribution is -0.0328. The van der Waals surface area contributed by atoms with Crippen molar-refractivity contribution >= 4 is 9.90 Å². The fourth-order valence-corrected chi connectivity index (χ4v) is 0.300. The van der Waals surface area contributed by atoms with Crippen LogP contribution in [0.15, 0.2) is 0 Å². The summed E-state index contributed by atoms with van der Waals surface area (Å²) in [4.78, 5) is 0. The van der Waals surface area contributed by atoms with E-state index in [1.165, 1.54) is 0 Å². The Kier molecular flexibility index (Phi) is 17.8. The van der Waals surface area contributed by atoms with Crippen molar-refractivity contribution in [2.75, 3.05) is 33.0 Å². The zero-order valence-electron chi connectivity index (χ0n) is 7.98. The molecular formula is C7H21O5P. The van der Waals surface area contributed by atoms with Gasteiger partial charge in [-0.15, -0.1) is 0 Å². The van der Waals surface area contributed by atoms with Crippen molar-refractivity contribution in [3.05, 3.63) is 0 Å².